The van der Waals surface area contributed by atoms with Crippen LogP contribution in [0.3, 0.4) is 0 Å². The number of hydrogen-bond donors (Lipinski definition) is 2. The minimum absolute atomic E-state index is 0.0966. The van der Waals surface area contributed by atoms with Crippen molar-refractivity contribution in [1.29, 1.82) is 0 Å². The summed E-state index contributed by atoms with van der Waals surface area (Å²) in [6.45, 7) is 10.1. The fraction of sp³-hybridized carbons (Fsp3) is 0.320. The zero-order valence-corrected chi connectivity index (χ0v) is 18.7. The van der Waals surface area contributed by atoms with Gasteiger partial charge >= 0.3 is 0 Å². The van der Waals surface area contributed by atoms with Crippen LogP contribution in [0.5, 0.6) is 5.75 Å². The van der Waals surface area contributed by atoms with Crippen molar-refractivity contribution in [3.8, 4) is 5.75 Å². The summed E-state index contributed by atoms with van der Waals surface area (Å²) in [6, 6.07) is 11.0. The Bertz CT molecular complexity index is 1010. The highest BCUT2D eigenvalue weighted by atomic mass is 16.5. The van der Waals surface area contributed by atoms with E-state index in [9.17, 15) is 14.4 Å². The highest BCUT2D eigenvalue weighted by Gasteiger charge is 2.34. The third-order valence-electron chi connectivity index (χ3n) is 5.38. The molecule has 0 bridgehead atoms. The Morgan fingerprint density at radius 1 is 1.16 bits per heavy atom. The molecule has 1 unspecified atom stereocenters. The molecule has 3 rings (SSSR count). The molecular formula is C25H29N3O4. The van der Waals surface area contributed by atoms with Crippen LogP contribution in [0.15, 0.2) is 49.1 Å². The van der Waals surface area contributed by atoms with Gasteiger partial charge in [0.05, 0.1) is 5.92 Å². The average molecular weight is 436 g/mol. The number of carbonyl (C=O) groups is 3. The Balaban J connectivity index is 1.55. The van der Waals surface area contributed by atoms with Crippen LogP contribution in [0.1, 0.15) is 23.1 Å². The van der Waals surface area contributed by atoms with E-state index < -0.39 is 0 Å². The summed E-state index contributed by atoms with van der Waals surface area (Å²) in [6.07, 6.45) is 1.79. The van der Waals surface area contributed by atoms with Gasteiger partial charge in [-0.2, -0.15) is 0 Å². The fourth-order valence-corrected chi connectivity index (χ4v) is 3.87. The molecule has 168 valence electrons. The maximum absolute atomic E-state index is 12.4. The SMILES string of the molecule is C=CCNC(=O)C1CC(=O)N(c2ccc(OCC(=O)Nc3c(C)cc(C)cc3C)cc2)C1. The molecule has 1 heterocycles. The number of nitrogens with one attached hydrogen (secondary N) is 2. The molecular weight excluding hydrogens is 406 g/mol. The second-order valence-corrected chi connectivity index (χ2v) is 8.04. The van der Waals surface area contributed by atoms with Crippen molar-refractivity contribution < 1.29 is 19.1 Å². The first kappa shape index (κ1) is 23.1. The molecule has 32 heavy (non-hydrogen) atoms. The van der Waals surface area contributed by atoms with Gasteiger partial charge in [0.2, 0.25) is 11.8 Å². The average Bonchev–Trinajstić information content (AvgIpc) is 3.15. The van der Waals surface area contributed by atoms with Crippen LogP contribution in [0.2, 0.25) is 0 Å². The number of amides is 3. The van der Waals surface area contributed by atoms with Gasteiger partial charge in [-0.1, -0.05) is 23.8 Å². The molecule has 2 N–H and O–H groups in total. The number of ether oxygens (including phenoxy) is 1. The topological polar surface area (TPSA) is 87.7 Å². The first-order valence-corrected chi connectivity index (χ1v) is 10.6. The van der Waals surface area contributed by atoms with Crippen molar-refractivity contribution >= 4 is 29.1 Å². The van der Waals surface area contributed by atoms with E-state index >= 15 is 0 Å². The third-order valence-corrected chi connectivity index (χ3v) is 5.38. The zero-order valence-electron chi connectivity index (χ0n) is 18.7. The Morgan fingerprint density at radius 2 is 1.81 bits per heavy atom. The minimum Gasteiger partial charge on any atom is -0.484 e. The summed E-state index contributed by atoms with van der Waals surface area (Å²) in [7, 11) is 0. The monoisotopic (exact) mass is 435 g/mol. The predicted molar refractivity (Wildman–Crippen MR) is 125 cm³/mol. The molecule has 2 aromatic carbocycles. The van der Waals surface area contributed by atoms with E-state index in [4.69, 9.17) is 4.74 Å². The highest BCUT2D eigenvalue weighted by Crippen LogP contribution is 2.27. The number of nitrogens with zero attached hydrogens (tertiary/aromatic N) is 1. The van der Waals surface area contributed by atoms with E-state index in [0.29, 0.717) is 24.5 Å². The lowest BCUT2D eigenvalue weighted by atomic mass is 10.1. The van der Waals surface area contributed by atoms with Gasteiger partial charge < -0.3 is 20.3 Å². The standard InChI is InChI=1S/C25H29N3O4/c1-5-10-26-25(31)19-13-23(30)28(14-19)20-6-8-21(9-7-20)32-15-22(29)27-24-17(3)11-16(2)12-18(24)4/h5-9,11-12,19H,1,10,13-15H2,2-4H3,(H,26,31)(H,27,29). The lowest BCUT2D eigenvalue weighted by molar-refractivity contribution is -0.126. The number of carbonyl (C=O) groups excluding carboxylic acids is 3. The first-order valence-electron chi connectivity index (χ1n) is 10.6. The number of aryl methyl sites for hydroxylation is 3. The van der Waals surface area contributed by atoms with Crippen molar-refractivity contribution in [2.75, 3.05) is 29.9 Å². The van der Waals surface area contributed by atoms with Gasteiger partial charge in [-0.25, -0.2) is 0 Å². The maximum atomic E-state index is 12.4. The van der Waals surface area contributed by atoms with Crippen LogP contribution >= 0.6 is 0 Å². The second kappa shape index (κ2) is 10.1. The molecule has 1 saturated heterocycles. The summed E-state index contributed by atoms with van der Waals surface area (Å²) in [5.41, 5.74) is 4.66. The van der Waals surface area contributed by atoms with Gasteiger partial charge in [-0.15, -0.1) is 6.58 Å². The minimum atomic E-state index is -0.379. The quantitative estimate of drug-likeness (QED) is 0.623. The molecule has 3 amide bonds. The van der Waals surface area contributed by atoms with Gasteiger partial charge in [0.25, 0.3) is 5.91 Å². The molecule has 0 saturated carbocycles. The molecule has 0 radical (unpaired) electrons. The Kier molecular flexibility index (Phi) is 7.30. The van der Waals surface area contributed by atoms with E-state index in [1.807, 2.05) is 32.9 Å². The van der Waals surface area contributed by atoms with Crippen LogP contribution in [0, 0.1) is 26.7 Å². The van der Waals surface area contributed by atoms with Crippen molar-refractivity contribution in [3.05, 3.63) is 65.7 Å². The highest BCUT2D eigenvalue weighted by molar-refractivity contribution is 6.00. The summed E-state index contributed by atoms with van der Waals surface area (Å²) in [5, 5.41) is 5.64. The van der Waals surface area contributed by atoms with Crippen LogP contribution in [0.4, 0.5) is 11.4 Å². The molecule has 1 fully saturated rings. The third kappa shape index (κ3) is 5.55. The van der Waals surface area contributed by atoms with Gasteiger partial charge in [-0.3, -0.25) is 14.4 Å². The fourth-order valence-electron chi connectivity index (χ4n) is 3.87. The first-order chi connectivity index (χ1) is 15.3. The van der Waals surface area contributed by atoms with Crippen LogP contribution in [-0.4, -0.2) is 37.4 Å². The molecule has 1 atom stereocenters. The van der Waals surface area contributed by atoms with E-state index in [1.54, 1.807) is 35.2 Å². The number of hydrogen-bond acceptors (Lipinski definition) is 4. The van der Waals surface area contributed by atoms with Crippen LogP contribution in [-0.2, 0) is 14.4 Å². The summed E-state index contributed by atoms with van der Waals surface area (Å²) < 4.78 is 5.60. The molecule has 7 nitrogen and oxygen atoms in total. The Hall–Kier alpha value is -3.61. The van der Waals surface area contributed by atoms with E-state index in [2.05, 4.69) is 17.2 Å². The molecule has 7 heteroatoms. The lowest BCUT2D eigenvalue weighted by Gasteiger charge is -2.17. The molecule has 0 aromatic heterocycles. The van der Waals surface area contributed by atoms with Crippen LogP contribution < -0.4 is 20.3 Å². The largest absolute Gasteiger partial charge is 0.484 e. The zero-order chi connectivity index (χ0) is 23.3. The summed E-state index contributed by atoms with van der Waals surface area (Å²) in [5.74, 6) is -0.345. The molecule has 0 spiro atoms. The summed E-state index contributed by atoms with van der Waals surface area (Å²) >= 11 is 0. The Labute approximate surface area is 188 Å². The maximum Gasteiger partial charge on any atom is 0.262 e. The number of anilines is 2. The van der Waals surface area contributed by atoms with Crippen molar-refractivity contribution in [3.63, 3.8) is 0 Å². The van der Waals surface area contributed by atoms with Crippen molar-refractivity contribution in [2.24, 2.45) is 5.92 Å². The van der Waals surface area contributed by atoms with Gasteiger partial charge in [-0.05, 0) is 56.2 Å². The molecule has 2 aromatic rings. The van der Waals surface area contributed by atoms with Gasteiger partial charge in [0, 0.05) is 30.9 Å². The second-order valence-electron chi connectivity index (χ2n) is 8.04. The van der Waals surface area contributed by atoms with E-state index in [-0.39, 0.29) is 36.7 Å². The number of benzene rings is 2. The number of rotatable bonds is 8. The predicted octanol–water partition coefficient (Wildman–Crippen LogP) is 3.28. The van der Waals surface area contributed by atoms with Gasteiger partial charge in [0.15, 0.2) is 6.61 Å². The van der Waals surface area contributed by atoms with E-state index in [0.717, 1.165) is 22.4 Å². The van der Waals surface area contributed by atoms with Gasteiger partial charge in [0.1, 0.15) is 5.75 Å². The normalized spacial score (nSPS) is 15.4. The molecule has 1 aliphatic heterocycles. The summed E-state index contributed by atoms with van der Waals surface area (Å²) in [4.78, 5) is 38.4. The van der Waals surface area contributed by atoms with Crippen molar-refractivity contribution in [1.82, 2.24) is 5.32 Å². The lowest BCUT2D eigenvalue weighted by Crippen LogP contribution is -2.32. The van der Waals surface area contributed by atoms with Crippen LogP contribution in [0.25, 0.3) is 0 Å². The molecule has 0 aliphatic carbocycles. The smallest absolute Gasteiger partial charge is 0.262 e. The molecule has 1 aliphatic rings. The van der Waals surface area contributed by atoms with Crippen molar-refractivity contribution in [2.45, 2.75) is 27.2 Å². The van der Waals surface area contributed by atoms with E-state index in [1.165, 1.54) is 0 Å². The Morgan fingerprint density at radius 3 is 2.44 bits per heavy atom.